The van der Waals surface area contributed by atoms with Crippen LogP contribution in [0, 0.1) is 0 Å². The molecule has 1 aliphatic rings. The summed E-state index contributed by atoms with van der Waals surface area (Å²) >= 11 is 0. The molecule has 0 aliphatic carbocycles. The van der Waals surface area contributed by atoms with Gasteiger partial charge in [0.25, 0.3) is 5.91 Å². The smallest absolute Gasteiger partial charge is 0.387 e. The van der Waals surface area contributed by atoms with E-state index in [1.807, 2.05) is 0 Å². The zero-order chi connectivity index (χ0) is 18.2. The fourth-order valence-electron chi connectivity index (χ4n) is 2.26. The van der Waals surface area contributed by atoms with Crippen LogP contribution in [-0.4, -0.2) is 44.9 Å². The molecule has 0 unspecified atom stereocenters. The SMILES string of the molecule is COc1cc(CNC(=O)COC(=O)[C@@H]2CCCO2)ccc1OC(F)F. The van der Waals surface area contributed by atoms with Crippen LogP contribution in [0.25, 0.3) is 0 Å². The molecule has 0 radical (unpaired) electrons. The Hall–Kier alpha value is -2.42. The van der Waals surface area contributed by atoms with Crippen LogP contribution in [0.5, 0.6) is 11.5 Å². The van der Waals surface area contributed by atoms with Crippen molar-refractivity contribution in [3.8, 4) is 11.5 Å². The standard InChI is InChI=1S/C16H19F2NO6/c1-22-13-7-10(4-5-11(13)25-16(17)18)8-19-14(20)9-24-15(21)12-3-2-6-23-12/h4-5,7,12,16H,2-3,6,8-9H2,1H3,(H,19,20)/t12-/m0/s1. The summed E-state index contributed by atoms with van der Waals surface area (Å²) in [7, 11) is 1.32. The Morgan fingerprint density at radius 3 is 2.80 bits per heavy atom. The van der Waals surface area contributed by atoms with Crippen molar-refractivity contribution in [1.82, 2.24) is 5.32 Å². The lowest BCUT2D eigenvalue weighted by Crippen LogP contribution is -2.31. The molecule has 1 aromatic carbocycles. The molecule has 0 aromatic heterocycles. The zero-order valence-electron chi connectivity index (χ0n) is 13.6. The number of hydrogen-bond donors (Lipinski definition) is 1. The van der Waals surface area contributed by atoms with Crippen LogP contribution in [0.15, 0.2) is 18.2 Å². The molecule has 25 heavy (non-hydrogen) atoms. The molecular formula is C16H19F2NO6. The summed E-state index contributed by atoms with van der Waals surface area (Å²) in [6.45, 7) is -2.75. The van der Waals surface area contributed by atoms with Gasteiger partial charge in [-0.3, -0.25) is 4.79 Å². The first-order valence-electron chi connectivity index (χ1n) is 7.66. The predicted octanol–water partition coefficient (Wildman–Crippen LogP) is 1.63. The Bertz CT molecular complexity index is 604. The minimum Gasteiger partial charge on any atom is -0.493 e. The molecule has 1 aliphatic heterocycles. The van der Waals surface area contributed by atoms with E-state index in [0.717, 1.165) is 6.42 Å². The molecule has 1 saturated heterocycles. The Morgan fingerprint density at radius 1 is 1.36 bits per heavy atom. The molecule has 1 N–H and O–H groups in total. The number of methoxy groups -OCH3 is 1. The van der Waals surface area contributed by atoms with E-state index in [1.165, 1.54) is 25.3 Å². The highest BCUT2D eigenvalue weighted by Gasteiger charge is 2.25. The molecule has 7 nitrogen and oxygen atoms in total. The van der Waals surface area contributed by atoms with Crippen molar-refractivity contribution in [3.05, 3.63) is 23.8 Å². The van der Waals surface area contributed by atoms with Gasteiger partial charge in [-0.1, -0.05) is 6.07 Å². The average molecular weight is 359 g/mol. The molecule has 9 heteroatoms. The van der Waals surface area contributed by atoms with Crippen molar-refractivity contribution in [2.45, 2.75) is 32.1 Å². The number of alkyl halides is 2. The van der Waals surface area contributed by atoms with Crippen LogP contribution in [0.1, 0.15) is 18.4 Å². The number of amides is 1. The summed E-state index contributed by atoms with van der Waals surface area (Å²) in [5, 5.41) is 2.55. The Kier molecular flexibility index (Phi) is 6.93. The van der Waals surface area contributed by atoms with Gasteiger partial charge in [-0.15, -0.1) is 0 Å². The lowest BCUT2D eigenvalue weighted by Gasteiger charge is -2.12. The predicted molar refractivity (Wildman–Crippen MR) is 81.4 cm³/mol. The quantitative estimate of drug-likeness (QED) is 0.711. The molecule has 0 saturated carbocycles. The summed E-state index contributed by atoms with van der Waals surface area (Å²) in [4.78, 5) is 23.3. The van der Waals surface area contributed by atoms with Crippen LogP contribution in [0.4, 0.5) is 8.78 Å². The van der Waals surface area contributed by atoms with Crippen molar-refractivity contribution >= 4 is 11.9 Å². The summed E-state index contributed by atoms with van der Waals surface area (Å²) in [5.74, 6) is -1.02. The van der Waals surface area contributed by atoms with Crippen molar-refractivity contribution < 1.29 is 37.3 Å². The second kappa shape index (κ2) is 9.16. The van der Waals surface area contributed by atoms with E-state index in [4.69, 9.17) is 14.2 Å². The number of esters is 1. The first-order valence-corrected chi connectivity index (χ1v) is 7.66. The second-order valence-corrected chi connectivity index (χ2v) is 5.25. The molecule has 1 aromatic rings. The van der Waals surface area contributed by atoms with Crippen LogP contribution in [-0.2, 0) is 25.6 Å². The van der Waals surface area contributed by atoms with Crippen LogP contribution in [0.2, 0.25) is 0 Å². The molecule has 1 amide bonds. The van der Waals surface area contributed by atoms with Gasteiger partial charge >= 0.3 is 12.6 Å². The fourth-order valence-corrected chi connectivity index (χ4v) is 2.26. The highest BCUT2D eigenvalue weighted by molar-refractivity contribution is 5.82. The summed E-state index contributed by atoms with van der Waals surface area (Å²) in [5.41, 5.74) is 0.609. The third kappa shape index (κ3) is 5.86. The van der Waals surface area contributed by atoms with E-state index in [2.05, 4.69) is 10.1 Å². The van der Waals surface area contributed by atoms with E-state index in [-0.39, 0.29) is 18.0 Å². The lowest BCUT2D eigenvalue weighted by molar-refractivity contribution is -0.157. The number of halogens is 2. The zero-order valence-corrected chi connectivity index (χ0v) is 13.6. The maximum Gasteiger partial charge on any atom is 0.387 e. The van der Waals surface area contributed by atoms with E-state index in [9.17, 15) is 18.4 Å². The Labute approximate surface area is 143 Å². The molecular weight excluding hydrogens is 340 g/mol. The molecule has 1 fully saturated rings. The lowest BCUT2D eigenvalue weighted by atomic mass is 10.2. The molecule has 138 valence electrons. The van der Waals surface area contributed by atoms with E-state index < -0.39 is 31.2 Å². The van der Waals surface area contributed by atoms with E-state index in [0.29, 0.717) is 18.6 Å². The minimum atomic E-state index is -2.96. The monoisotopic (exact) mass is 359 g/mol. The van der Waals surface area contributed by atoms with Gasteiger partial charge in [-0.05, 0) is 30.5 Å². The Balaban J connectivity index is 1.79. The van der Waals surface area contributed by atoms with Crippen LogP contribution in [0.3, 0.4) is 0 Å². The van der Waals surface area contributed by atoms with Gasteiger partial charge in [0.1, 0.15) is 0 Å². The van der Waals surface area contributed by atoms with Crippen molar-refractivity contribution in [3.63, 3.8) is 0 Å². The van der Waals surface area contributed by atoms with Gasteiger partial charge in [0.15, 0.2) is 24.2 Å². The third-order valence-corrected chi connectivity index (χ3v) is 3.47. The maximum atomic E-state index is 12.3. The molecule has 1 atom stereocenters. The van der Waals surface area contributed by atoms with Crippen molar-refractivity contribution in [2.75, 3.05) is 20.3 Å². The van der Waals surface area contributed by atoms with Crippen LogP contribution >= 0.6 is 0 Å². The molecule has 2 rings (SSSR count). The minimum absolute atomic E-state index is 0.0990. The first-order chi connectivity index (χ1) is 12.0. The number of nitrogens with one attached hydrogen (secondary N) is 1. The van der Waals surface area contributed by atoms with E-state index in [1.54, 1.807) is 0 Å². The maximum absolute atomic E-state index is 12.3. The van der Waals surface area contributed by atoms with Gasteiger partial charge in [0, 0.05) is 13.2 Å². The number of rotatable bonds is 8. The number of ether oxygens (including phenoxy) is 4. The van der Waals surface area contributed by atoms with Crippen molar-refractivity contribution in [2.24, 2.45) is 0 Å². The van der Waals surface area contributed by atoms with Gasteiger partial charge < -0.3 is 24.3 Å². The summed E-state index contributed by atoms with van der Waals surface area (Å²) in [6, 6.07) is 4.30. The van der Waals surface area contributed by atoms with Gasteiger partial charge in [-0.25, -0.2) is 4.79 Å². The van der Waals surface area contributed by atoms with Crippen LogP contribution < -0.4 is 14.8 Å². The second-order valence-electron chi connectivity index (χ2n) is 5.25. The number of carbonyl (C=O) groups is 2. The molecule has 0 bridgehead atoms. The number of hydrogen-bond acceptors (Lipinski definition) is 6. The Morgan fingerprint density at radius 2 is 2.16 bits per heavy atom. The third-order valence-electron chi connectivity index (χ3n) is 3.47. The van der Waals surface area contributed by atoms with Gasteiger partial charge in [0.2, 0.25) is 0 Å². The summed E-state index contributed by atoms with van der Waals surface area (Å²) < 4.78 is 43.9. The largest absolute Gasteiger partial charge is 0.493 e. The van der Waals surface area contributed by atoms with Crippen molar-refractivity contribution in [1.29, 1.82) is 0 Å². The number of benzene rings is 1. The average Bonchev–Trinajstić information content (AvgIpc) is 3.13. The molecule has 1 heterocycles. The summed E-state index contributed by atoms with van der Waals surface area (Å²) in [6.07, 6.45) is 0.784. The molecule has 0 spiro atoms. The number of carbonyl (C=O) groups excluding carboxylic acids is 2. The van der Waals surface area contributed by atoms with Gasteiger partial charge in [-0.2, -0.15) is 8.78 Å². The van der Waals surface area contributed by atoms with Gasteiger partial charge in [0.05, 0.1) is 7.11 Å². The highest BCUT2D eigenvalue weighted by Crippen LogP contribution is 2.29. The normalized spacial score (nSPS) is 16.6. The topological polar surface area (TPSA) is 83.1 Å². The highest BCUT2D eigenvalue weighted by atomic mass is 19.3. The first kappa shape index (κ1) is 18.9. The fraction of sp³-hybridized carbons (Fsp3) is 0.500. The van der Waals surface area contributed by atoms with E-state index >= 15 is 0 Å².